The Labute approximate surface area is 100 Å². The number of ether oxygens (including phenoxy) is 1. The van der Waals surface area contributed by atoms with E-state index in [1.165, 1.54) is 0 Å². The van der Waals surface area contributed by atoms with Crippen molar-refractivity contribution in [1.29, 1.82) is 0 Å². The number of anilines is 1. The monoisotopic (exact) mass is 233 g/mol. The lowest BCUT2D eigenvalue weighted by molar-refractivity contribution is -0.130. The summed E-state index contributed by atoms with van der Waals surface area (Å²) in [4.78, 5) is 25.0. The van der Waals surface area contributed by atoms with Gasteiger partial charge in [0.2, 0.25) is 5.91 Å². The molecule has 0 spiro atoms. The zero-order valence-electron chi connectivity index (χ0n) is 10.2. The second-order valence-corrected chi connectivity index (χ2v) is 4.92. The molecule has 90 valence electrons. The lowest BCUT2D eigenvalue weighted by Crippen LogP contribution is -2.52. The number of carbonyl (C=O) groups is 2. The van der Waals surface area contributed by atoms with Crippen LogP contribution in [0.15, 0.2) is 24.3 Å². The molecule has 0 radical (unpaired) electrons. The Kier molecular flexibility index (Phi) is 2.65. The van der Waals surface area contributed by atoms with Gasteiger partial charge in [-0.3, -0.25) is 4.79 Å². The molecule has 0 N–H and O–H groups in total. The van der Waals surface area contributed by atoms with Crippen molar-refractivity contribution < 1.29 is 14.3 Å². The van der Waals surface area contributed by atoms with E-state index in [1.807, 2.05) is 19.1 Å². The van der Waals surface area contributed by atoms with Crippen LogP contribution < -0.4 is 4.90 Å². The fourth-order valence-corrected chi connectivity index (χ4v) is 1.74. The Balaban J connectivity index is 2.42. The highest BCUT2D eigenvalue weighted by molar-refractivity contribution is 6.15. The molecule has 1 aromatic carbocycles. The Morgan fingerprint density at radius 1 is 1.29 bits per heavy atom. The van der Waals surface area contributed by atoms with Crippen LogP contribution in [0.5, 0.6) is 0 Å². The van der Waals surface area contributed by atoms with Gasteiger partial charge in [0.15, 0.2) is 0 Å². The molecular weight excluding hydrogens is 218 g/mol. The smallest absolute Gasteiger partial charge is 0.421 e. The third kappa shape index (κ3) is 2.02. The van der Waals surface area contributed by atoms with Crippen LogP contribution in [-0.4, -0.2) is 18.6 Å². The summed E-state index contributed by atoms with van der Waals surface area (Å²) >= 11 is 0. The zero-order chi connectivity index (χ0) is 12.6. The van der Waals surface area contributed by atoms with E-state index >= 15 is 0 Å². The number of cyclic esters (lactones) is 1. The van der Waals surface area contributed by atoms with E-state index in [0.717, 1.165) is 10.5 Å². The first-order valence-corrected chi connectivity index (χ1v) is 5.50. The average Bonchev–Trinajstić information content (AvgIpc) is 2.25. The molecule has 2 rings (SSSR count). The van der Waals surface area contributed by atoms with Crippen molar-refractivity contribution in [2.45, 2.75) is 20.8 Å². The number of carbonyl (C=O) groups excluding carboxylic acids is 2. The summed E-state index contributed by atoms with van der Waals surface area (Å²) in [6.45, 7) is 5.58. The Hall–Kier alpha value is -1.84. The summed E-state index contributed by atoms with van der Waals surface area (Å²) in [7, 11) is 0. The van der Waals surface area contributed by atoms with Crippen LogP contribution in [0.4, 0.5) is 10.5 Å². The highest BCUT2D eigenvalue weighted by Gasteiger charge is 2.42. The summed E-state index contributed by atoms with van der Waals surface area (Å²) in [6, 6.07) is 7.25. The van der Waals surface area contributed by atoms with Gasteiger partial charge in [-0.25, -0.2) is 9.69 Å². The third-order valence-electron chi connectivity index (χ3n) is 2.78. The van der Waals surface area contributed by atoms with E-state index in [9.17, 15) is 9.59 Å². The molecule has 17 heavy (non-hydrogen) atoms. The minimum atomic E-state index is -0.669. The normalized spacial score (nSPS) is 19.1. The molecule has 1 saturated heterocycles. The standard InChI is InChI=1S/C13H15NO3/c1-9-5-4-6-10(7-9)14-11(15)13(2,3)8-17-12(14)16/h4-7H,8H2,1-3H3. The molecule has 0 unspecified atom stereocenters. The lowest BCUT2D eigenvalue weighted by Gasteiger charge is -2.34. The van der Waals surface area contributed by atoms with Gasteiger partial charge < -0.3 is 4.74 Å². The van der Waals surface area contributed by atoms with Crippen LogP contribution in [-0.2, 0) is 9.53 Å². The predicted octanol–water partition coefficient (Wildman–Crippen LogP) is 2.50. The van der Waals surface area contributed by atoms with E-state index in [0.29, 0.717) is 5.69 Å². The minimum Gasteiger partial charge on any atom is -0.448 e. The highest BCUT2D eigenvalue weighted by Crippen LogP contribution is 2.29. The van der Waals surface area contributed by atoms with Gasteiger partial charge in [0.05, 0.1) is 11.1 Å². The van der Waals surface area contributed by atoms with Gasteiger partial charge in [-0.15, -0.1) is 0 Å². The van der Waals surface area contributed by atoms with Gasteiger partial charge in [-0.1, -0.05) is 12.1 Å². The molecule has 1 aliphatic heterocycles. The number of hydrogen-bond donors (Lipinski definition) is 0. The average molecular weight is 233 g/mol. The summed E-state index contributed by atoms with van der Waals surface area (Å²) < 4.78 is 5.04. The molecule has 1 aromatic rings. The molecule has 0 bridgehead atoms. The van der Waals surface area contributed by atoms with Crippen LogP contribution >= 0.6 is 0 Å². The largest absolute Gasteiger partial charge is 0.448 e. The molecule has 0 saturated carbocycles. The number of aryl methyl sites for hydroxylation is 1. The Bertz CT molecular complexity index is 479. The maximum absolute atomic E-state index is 12.2. The quantitative estimate of drug-likeness (QED) is 0.748. The fourth-order valence-electron chi connectivity index (χ4n) is 1.74. The van der Waals surface area contributed by atoms with E-state index in [4.69, 9.17) is 4.74 Å². The summed E-state index contributed by atoms with van der Waals surface area (Å²) in [5.41, 5.74) is 0.886. The van der Waals surface area contributed by atoms with E-state index in [1.54, 1.807) is 26.0 Å². The first-order valence-electron chi connectivity index (χ1n) is 5.50. The molecule has 4 nitrogen and oxygen atoms in total. The van der Waals surface area contributed by atoms with Crippen LogP contribution in [0.25, 0.3) is 0 Å². The first-order chi connectivity index (χ1) is 7.92. The number of benzene rings is 1. The van der Waals surface area contributed by atoms with Crippen molar-refractivity contribution in [1.82, 2.24) is 0 Å². The van der Waals surface area contributed by atoms with Gasteiger partial charge in [0, 0.05) is 0 Å². The molecule has 2 amide bonds. The molecular formula is C13H15NO3. The molecule has 1 heterocycles. The molecule has 1 fully saturated rings. The van der Waals surface area contributed by atoms with Crippen molar-refractivity contribution in [3.63, 3.8) is 0 Å². The molecule has 0 aliphatic carbocycles. The van der Waals surface area contributed by atoms with Crippen LogP contribution in [0.1, 0.15) is 19.4 Å². The summed E-state index contributed by atoms with van der Waals surface area (Å²) in [6.07, 6.45) is -0.597. The maximum atomic E-state index is 12.2. The van der Waals surface area contributed by atoms with Gasteiger partial charge in [0.1, 0.15) is 6.61 Å². The molecule has 0 aromatic heterocycles. The minimum absolute atomic E-state index is 0.132. The number of amides is 2. The zero-order valence-corrected chi connectivity index (χ0v) is 10.2. The van der Waals surface area contributed by atoms with E-state index < -0.39 is 11.5 Å². The maximum Gasteiger partial charge on any atom is 0.421 e. The van der Waals surface area contributed by atoms with E-state index in [-0.39, 0.29) is 12.5 Å². The van der Waals surface area contributed by atoms with Crippen molar-refractivity contribution in [3.05, 3.63) is 29.8 Å². The number of imide groups is 1. The molecule has 0 atom stereocenters. The highest BCUT2D eigenvalue weighted by atomic mass is 16.6. The second-order valence-electron chi connectivity index (χ2n) is 4.92. The van der Waals surface area contributed by atoms with Crippen LogP contribution in [0.3, 0.4) is 0 Å². The fraction of sp³-hybridized carbons (Fsp3) is 0.385. The lowest BCUT2D eigenvalue weighted by atomic mass is 9.91. The predicted molar refractivity (Wildman–Crippen MR) is 63.8 cm³/mol. The van der Waals surface area contributed by atoms with Crippen LogP contribution in [0.2, 0.25) is 0 Å². The van der Waals surface area contributed by atoms with Crippen molar-refractivity contribution in [3.8, 4) is 0 Å². The Morgan fingerprint density at radius 2 is 2.00 bits per heavy atom. The van der Waals surface area contributed by atoms with Crippen molar-refractivity contribution in [2.24, 2.45) is 5.41 Å². The second kappa shape index (κ2) is 3.87. The van der Waals surface area contributed by atoms with Gasteiger partial charge >= 0.3 is 6.09 Å². The topological polar surface area (TPSA) is 46.6 Å². The number of nitrogens with zero attached hydrogens (tertiary/aromatic N) is 1. The van der Waals surface area contributed by atoms with Crippen molar-refractivity contribution in [2.75, 3.05) is 11.5 Å². The van der Waals surface area contributed by atoms with Crippen molar-refractivity contribution >= 4 is 17.7 Å². The summed E-state index contributed by atoms with van der Waals surface area (Å²) in [5, 5.41) is 0. The number of hydrogen-bond acceptors (Lipinski definition) is 3. The van der Waals surface area contributed by atoms with Gasteiger partial charge in [-0.05, 0) is 38.5 Å². The third-order valence-corrected chi connectivity index (χ3v) is 2.78. The van der Waals surface area contributed by atoms with Gasteiger partial charge in [0.25, 0.3) is 0 Å². The Morgan fingerprint density at radius 3 is 2.65 bits per heavy atom. The van der Waals surface area contributed by atoms with E-state index in [2.05, 4.69) is 0 Å². The summed E-state index contributed by atoms with van der Waals surface area (Å²) in [5.74, 6) is -0.223. The van der Waals surface area contributed by atoms with Gasteiger partial charge in [-0.2, -0.15) is 0 Å². The molecule has 4 heteroatoms. The first kappa shape index (κ1) is 11.6. The number of rotatable bonds is 1. The molecule has 1 aliphatic rings. The van der Waals surface area contributed by atoms with Crippen LogP contribution in [0, 0.1) is 12.3 Å². The SMILES string of the molecule is Cc1cccc(N2C(=O)OCC(C)(C)C2=O)c1.